The van der Waals surface area contributed by atoms with E-state index in [-0.39, 0.29) is 24.8 Å². The van der Waals surface area contributed by atoms with Crippen molar-refractivity contribution in [1.29, 1.82) is 0 Å². The summed E-state index contributed by atoms with van der Waals surface area (Å²) in [4.78, 5) is 27.9. The molecule has 0 aliphatic carbocycles. The van der Waals surface area contributed by atoms with Crippen LogP contribution >= 0.6 is 0 Å². The van der Waals surface area contributed by atoms with Gasteiger partial charge in [0.2, 0.25) is 5.91 Å². The summed E-state index contributed by atoms with van der Waals surface area (Å²) in [5.41, 5.74) is 2.55. The van der Waals surface area contributed by atoms with Gasteiger partial charge >= 0.3 is 0 Å². The molecule has 1 aromatic rings. The van der Waals surface area contributed by atoms with Crippen molar-refractivity contribution < 1.29 is 9.59 Å². The molecule has 0 saturated carbocycles. The lowest BCUT2D eigenvalue weighted by atomic mass is 10.1. The molecule has 0 atom stereocenters. The van der Waals surface area contributed by atoms with Gasteiger partial charge in [0.05, 0.1) is 13.1 Å². The first-order valence-corrected chi connectivity index (χ1v) is 5.52. The van der Waals surface area contributed by atoms with Gasteiger partial charge in [-0.05, 0) is 27.0 Å². The van der Waals surface area contributed by atoms with Crippen molar-refractivity contribution in [2.75, 3.05) is 27.2 Å². The summed E-state index contributed by atoms with van der Waals surface area (Å²) in [5.74, 6) is -0.0690. The molecule has 2 N–H and O–H groups in total. The Morgan fingerprint density at radius 2 is 2.00 bits per heavy atom. The van der Waals surface area contributed by atoms with Gasteiger partial charge in [0.15, 0.2) is 5.78 Å². The van der Waals surface area contributed by atoms with Gasteiger partial charge < -0.3 is 10.3 Å². The lowest BCUT2D eigenvalue weighted by Crippen LogP contribution is -2.36. The summed E-state index contributed by atoms with van der Waals surface area (Å²) in [5, 5.41) is 2.53. The topological polar surface area (TPSA) is 65.2 Å². The number of H-pyrrole nitrogens is 1. The number of ketones is 1. The molecule has 0 radical (unpaired) electrons. The standard InChI is InChI=1S/C12H19N3O2/c1-8-5-10(9(2)14-8)11(16)6-15(4)7-12(17)13-3/h5,14H,6-7H2,1-4H3,(H,13,17). The maximum atomic E-state index is 12.0. The number of nitrogens with zero attached hydrogens (tertiary/aromatic N) is 1. The zero-order valence-corrected chi connectivity index (χ0v) is 10.8. The Kier molecular flexibility index (Phi) is 4.45. The van der Waals surface area contributed by atoms with Gasteiger partial charge in [0, 0.05) is 24.0 Å². The Hall–Kier alpha value is -1.62. The molecule has 94 valence electrons. The number of carbonyl (C=O) groups is 2. The normalized spacial score (nSPS) is 10.6. The van der Waals surface area contributed by atoms with Gasteiger partial charge in [-0.1, -0.05) is 0 Å². The molecule has 0 aliphatic rings. The van der Waals surface area contributed by atoms with Gasteiger partial charge in [-0.15, -0.1) is 0 Å². The molecule has 1 aromatic heterocycles. The van der Waals surface area contributed by atoms with Crippen LogP contribution in [0.4, 0.5) is 0 Å². The average molecular weight is 237 g/mol. The molecule has 1 heterocycles. The van der Waals surface area contributed by atoms with Crippen LogP contribution in [0.5, 0.6) is 0 Å². The predicted octanol–water partition coefficient (Wildman–Crippen LogP) is 0.492. The molecule has 17 heavy (non-hydrogen) atoms. The van der Waals surface area contributed by atoms with Gasteiger partial charge in [-0.2, -0.15) is 0 Å². The van der Waals surface area contributed by atoms with Crippen molar-refractivity contribution in [3.05, 3.63) is 23.0 Å². The van der Waals surface area contributed by atoms with Crippen molar-refractivity contribution >= 4 is 11.7 Å². The second-order valence-corrected chi connectivity index (χ2v) is 4.26. The number of aromatic amines is 1. The number of amides is 1. The maximum absolute atomic E-state index is 12.0. The van der Waals surface area contributed by atoms with Crippen LogP contribution in [0.15, 0.2) is 6.07 Å². The Morgan fingerprint density at radius 1 is 1.35 bits per heavy atom. The van der Waals surface area contributed by atoms with E-state index in [1.165, 1.54) is 0 Å². The maximum Gasteiger partial charge on any atom is 0.233 e. The third-order valence-corrected chi connectivity index (χ3v) is 2.56. The van der Waals surface area contributed by atoms with Crippen molar-refractivity contribution in [3.8, 4) is 0 Å². The van der Waals surface area contributed by atoms with E-state index >= 15 is 0 Å². The molecule has 5 nitrogen and oxygen atoms in total. The number of likely N-dealkylation sites (N-methyl/N-ethyl adjacent to an activating group) is 2. The van der Waals surface area contributed by atoms with Crippen LogP contribution in [0, 0.1) is 13.8 Å². The molecular weight excluding hydrogens is 218 g/mol. The monoisotopic (exact) mass is 237 g/mol. The highest BCUT2D eigenvalue weighted by atomic mass is 16.2. The molecular formula is C12H19N3O2. The summed E-state index contributed by atoms with van der Waals surface area (Å²) >= 11 is 0. The van der Waals surface area contributed by atoms with E-state index in [0.717, 1.165) is 11.4 Å². The Balaban J connectivity index is 2.60. The highest BCUT2D eigenvalue weighted by molar-refractivity contribution is 5.99. The van der Waals surface area contributed by atoms with E-state index in [1.54, 1.807) is 19.0 Å². The quantitative estimate of drug-likeness (QED) is 0.733. The number of hydrogen-bond donors (Lipinski definition) is 2. The summed E-state index contributed by atoms with van der Waals surface area (Å²) in [6, 6.07) is 1.84. The number of aromatic nitrogens is 1. The predicted molar refractivity (Wildman–Crippen MR) is 66.2 cm³/mol. The fourth-order valence-electron chi connectivity index (χ4n) is 1.72. The molecule has 1 amide bonds. The second-order valence-electron chi connectivity index (χ2n) is 4.26. The van der Waals surface area contributed by atoms with E-state index < -0.39 is 0 Å². The number of aryl methyl sites for hydroxylation is 2. The fourth-order valence-corrected chi connectivity index (χ4v) is 1.72. The summed E-state index contributed by atoms with van der Waals surface area (Å²) in [6.07, 6.45) is 0. The third-order valence-electron chi connectivity index (χ3n) is 2.56. The molecule has 5 heteroatoms. The molecule has 0 bridgehead atoms. The van der Waals surface area contributed by atoms with E-state index in [9.17, 15) is 9.59 Å². The van der Waals surface area contributed by atoms with Crippen LogP contribution in [0.25, 0.3) is 0 Å². The van der Waals surface area contributed by atoms with Crippen molar-refractivity contribution in [3.63, 3.8) is 0 Å². The minimum atomic E-state index is -0.0951. The van der Waals surface area contributed by atoms with Crippen LogP contribution in [-0.4, -0.2) is 48.8 Å². The molecule has 1 rings (SSSR count). The summed E-state index contributed by atoms with van der Waals surface area (Å²) in [7, 11) is 3.33. The number of rotatable bonds is 5. The lowest BCUT2D eigenvalue weighted by Gasteiger charge is -2.14. The van der Waals surface area contributed by atoms with Crippen LogP contribution in [0.2, 0.25) is 0 Å². The summed E-state index contributed by atoms with van der Waals surface area (Å²) < 4.78 is 0. The van der Waals surface area contributed by atoms with E-state index in [4.69, 9.17) is 0 Å². The van der Waals surface area contributed by atoms with E-state index in [2.05, 4.69) is 10.3 Å². The first-order valence-electron chi connectivity index (χ1n) is 5.52. The first kappa shape index (κ1) is 13.4. The Bertz CT molecular complexity index is 423. The average Bonchev–Trinajstić information content (AvgIpc) is 2.57. The van der Waals surface area contributed by atoms with Crippen LogP contribution in [0.1, 0.15) is 21.7 Å². The Morgan fingerprint density at radius 3 is 2.47 bits per heavy atom. The van der Waals surface area contributed by atoms with Gasteiger partial charge in [0.1, 0.15) is 0 Å². The van der Waals surface area contributed by atoms with Crippen molar-refractivity contribution in [1.82, 2.24) is 15.2 Å². The third kappa shape index (κ3) is 3.71. The number of Topliss-reactive ketones (excluding diaryl/α,β-unsaturated/α-hetero) is 1. The first-order chi connectivity index (χ1) is 7.93. The fraction of sp³-hybridized carbons (Fsp3) is 0.500. The van der Waals surface area contributed by atoms with Gasteiger partial charge in [0.25, 0.3) is 0 Å². The molecule has 0 unspecified atom stereocenters. The lowest BCUT2D eigenvalue weighted by molar-refractivity contribution is -0.121. The van der Waals surface area contributed by atoms with Crippen LogP contribution in [0.3, 0.4) is 0 Å². The molecule has 0 aliphatic heterocycles. The minimum Gasteiger partial charge on any atom is -0.362 e. The molecule has 0 aromatic carbocycles. The minimum absolute atomic E-state index is 0.0262. The Labute approximate surface area is 101 Å². The number of nitrogens with one attached hydrogen (secondary N) is 2. The second kappa shape index (κ2) is 5.63. The summed E-state index contributed by atoms with van der Waals surface area (Å²) in [6.45, 7) is 4.26. The van der Waals surface area contributed by atoms with Crippen molar-refractivity contribution in [2.45, 2.75) is 13.8 Å². The van der Waals surface area contributed by atoms with E-state index in [1.807, 2.05) is 19.9 Å². The molecule has 0 saturated heterocycles. The number of hydrogen-bond acceptors (Lipinski definition) is 3. The molecule has 0 fully saturated rings. The van der Waals surface area contributed by atoms with E-state index in [0.29, 0.717) is 5.56 Å². The molecule has 0 spiro atoms. The zero-order valence-electron chi connectivity index (χ0n) is 10.8. The largest absolute Gasteiger partial charge is 0.362 e. The van der Waals surface area contributed by atoms with Gasteiger partial charge in [-0.3, -0.25) is 14.5 Å². The van der Waals surface area contributed by atoms with Crippen molar-refractivity contribution in [2.24, 2.45) is 0 Å². The van der Waals surface area contributed by atoms with Gasteiger partial charge in [-0.25, -0.2) is 0 Å². The highest BCUT2D eigenvalue weighted by Crippen LogP contribution is 2.10. The number of carbonyl (C=O) groups excluding carboxylic acids is 2. The SMILES string of the molecule is CNC(=O)CN(C)CC(=O)c1cc(C)[nH]c1C. The zero-order chi connectivity index (χ0) is 13.0. The van der Waals surface area contributed by atoms with Crippen LogP contribution in [-0.2, 0) is 4.79 Å². The smallest absolute Gasteiger partial charge is 0.233 e. The van der Waals surface area contributed by atoms with Crippen LogP contribution < -0.4 is 5.32 Å². The highest BCUT2D eigenvalue weighted by Gasteiger charge is 2.14.